The van der Waals surface area contributed by atoms with Crippen LogP contribution in [0.25, 0.3) is 17.2 Å². The minimum atomic E-state index is -0.637. The van der Waals surface area contributed by atoms with Crippen molar-refractivity contribution in [2.45, 2.75) is 26.4 Å². The zero-order valence-electron chi connectivity index (χ0n) is 19.3. The Labute approximate surface area is 194 Å². The molecule has 0 aliphatic carbocycles. The summed E-state index contributed by atoms with van der Waals surface area (Å²) in [5, 5.41) is 0. The first-order valence-electron chi connectivity index (χ1n) is 10.7. The van der Waals surface area contributed by atoms with Crippen LogP contribution in [0.2, 0.25) is 0 Å². The van der Waals surface area contributed by atoms with Crippen molar-refractivity contribution in [2.75, 3.05) is 13.7 Å². The lowest BCUT2D eigenvalue weighted by Crippen LogP contribution is -2.26. The molecule has 0 aliphatic rings. The number of benzene rings is 3. The van der Waals surface area contributed by atoms with Crippen molar-refractivity contribution in [1.29, 1.82) is 0 Å². The van der Waals surface area contributed by atoms with Gasteiger partial charge in [-0.3, -0.25) is 0 Å². The zero-order chi connectivity index (χ0) is 23.8. The summed E-state index contributed by atoms with van der Waals surface area (Å²) in [6.07, 6.45) is 1.70. The molecule has 0 N–H and O–H groups in total. The molecule has 0 radical (unpaired) electrons. The number of esters is 2. The van der Waals surface area contributed by atoms with Gasteiger partial charge in [0.2, 0.25) is 0 Å². The van der Waals surface area contributed by atoms with Crippen LogP contribution in [0, 0.1) is 0 Å². The minimum Gasteiger partial charge on any atom is -0.489 e. The minimum absolute atomic E-state index is 0.0400. The third-order valence-corrected chi connectivity index (χ3v) is 4.69. The van der Waals surface area contributed by atoms with Crippen molar-refractivity contribution >= 4 is 18.0 Å². The van der Waals surface area contributed by atoms with E-state index in [0.29, 0.717) is 16.9 Å². The number of carbonyl (C=O) groups is 2. The summed E-state index contributed by atoms with van der Waals surface area (Å²) < 4.78 is 16.2. The molecule has 0 saturated heterocycles. The smallest absolute Gasteiger partial charge is 0.338 e. The summed E-state index contributed by atoms with van der Waals surface area (Å²) in [6.45, 7) is 5.49. The van der Waals surface area contributed by atoms with Gasteiger partial charge in [-0.25, -0.2) is 9.59 Å². The van der Waals surface area contributed by atoms with Gasteiger partial charge in [0.05, 0.1) is 18.2 Å². The van der Waals surface area contributed by atoms with E-state index in [0.717, 1.165) is 16.7 Å². The molecular formula is C28H28O5. The van der Waals surface area contributed by atoms with Crippen molar-refractivity contribution in [3.8, 4) is 16.9 Å². The number of carbonyl (C=O) groups excluding carboxylic acids is 2. The first-order valence-corrected chi connectivity index (χ1v) is 10.7. The Kier molecular flexibility index (Phi) is 7.67. The van der Waals surface area contributed by atoms with Gasteiger partial charge >= 0.3 is 11.9 Å². The molecule has 3 aromatic carbocycles. The molecule has 0 unspecified atom stereocenters. The number of rotatable bonds is 7. The maximum Gasteiger partial charge on any atom is 0.338 e. The second-order valence-electron chi connectivity index (χ2n) is 8.46. The van der Waals surface area contributed by atoms with Crippen LogP contribution < -0.4 is 4.74 Å². The first-order chi connectivity index (χ1) is 15.7. The van der Waals surface area contributed by atoms with Gasteiger partial charge in [0.15, 0.2) is 0 Å². The molecule has 5 nitrogen and oxygen atoms in total. The molecular weight excluding hydrogens is 416 g/mol. The van der Waals surface area contributed by atoms with Crippen LogP contribution >= 0.6 is 0 Å². The number of hydrogen-bond acceptors (Lipinski definition) is 5. The predicted octanol–water partition coefficient (Wildman–Crippen LogP) is 5.94. The molecule has 0 amide bonds. The molecule has 3 rings (SSSR count). The normalized spacial score (nSPS) is 11.6. The Balaban J connectivity index is 1.77. The van der Waals surface area contributed by atoms with Gasteiger partial charge in [0.25, 0.3) is 0 Å². The van der Waals surface area contributed by atoms with Crippen LogP contribution in [-0.2, 0) is 14.3 Å². The Morgan fingerprint density at radius 3 is 2.00 bits per heavy atom. The second kappa shape index (κ2) is 10.6. The lowest BCUT2D eigenvalue weighted by atomic mass is 10.1. The third-order valence-electron chi connectivity index (χ3n) is 4.69. The Hall–Kier alpha value is -3.86. The van der Waals surface area contributed by atoms with Crippen LogP contribution in [0.3, 0.4) is 0 Å². The molecule has 5 heteroatoms. The van der Waals surface area contributed by atoms with Crippen LogP contribution in [-0.4, -0.2) is 31.3 Å². The van der Waals surface area contributed by atoms with Gasteiger partial charge in [0, 0.05) is 0 Å². The molecule has 3 aromatic rings. The van der Waals surface area contributed by atoms with Crippen molar-refractivity contribution in [3.05, 3.63) is 95.6 Å². The lowest BCUT2D eigenvalue weighted by molar-refractivity contribution is -0.150. The van der Waals surface area contributed by atoms with Crippen molar-refractivity contribution in [1.82, 2.24) is 0 Å². The van der Waals surface area contributed by atoms with Gasteiger partial charge in [-0.2, -0.15) is 0 Å². The molecule has 0 heterocycles. The standard InChI is InChI=1S/C28H28O5/c1-28(2,3)33-27(30)24(18-20-10-12-23(13-11-20)26(29)31-4)19-32-25-16-14-22(15-17-25)21-8-6-5-7-9-21/h5-18H,19H2,1-4H3. The molecule has 170 valence electrons. The molecule has 0 aliphatic heterocycles. The van der Waals surface area contributed by atoms with Crippen molar-refractivity contribution < 1.29 is 23.8 Å². The van der Waals surface area contributed by atoms with E-state index in [2.05, 4.69) is 0 Å². The monoisotopic (exact) mass is 444 g/mol. The molecule has 0 spiro atoms. The molecule has 0 fully saturated rings. The van der Waals surface area contributed by atoms with E-state index in [9.17, 15) is 9.59 Å². The van der Waals surface area contributed by atoms with E-state index < -0.39 is 17.5 Å². The van der Waals surface area contributed by atoms with Crippen LogP contribution in [0.15, 0.2) is 84.4 Å². The Morgan fingerprint density at radius 1 is 0.818 bits per heavy atom. The maximum absolute atomic E-state index is 12.8. The number of methoxy groups -OCH3 is 1. The summed E-state index contributed by atoms with van der Waals surface area (Å²) in [5.74, 6) is -0.231. The van der Waals surface area contributed by atoms with Crippen molar-refractivity contribution in [3.63, 3.8) is 0 Å². The maximum atomic E-state index is 12.8. The van der Waals surface area contributed by atoms with Gasteiger partial charge in [-0.05, 0) is 67.8 Å². The fourth-order valence-electron chi connectivity index (χ4n) is 3.07. The first kappa shape index (κ1) is 23.8. The highest BCUT2D eigenvalue weighted by Gasteiger charge is 2.20. The van der Waals surface area contributed by atoms with Gasteiger partial charge < -0.3 is 14.2 Å². The summed E-state index contributed by atoms with van der Waals surface area (Å²) in [6, 6.07) is 24.5. The van der Waals surface area contributed by atoms with E-state index in [1.165, 1.54) is 7.11 Å². The largest absolute Gasteiger partial charge is 0.489 e. The summed E-state index contributed by atoms with van der Waals surface area (Å²) >= 11 is 0. The lowest BCUT2D eigenvalue weighted by Gasteiger charge is -2.21. The van der Waals surface area contributed by atoms with E-state index in [1.807, 2.05) is 75.4 Å². The Bertz CT molecular complexity index is 1110. The fraction of sp³-hybridized carbons (Fsp3) is 0.214. The second-order valence-corrected chi connectivity index (χ2v) is 8.46. The average molecular weight is 445 g/mol. The average Bonchev–Trinajstić information content (AvgIpc) is 2.81. The Morgan fingerprint density at radius 2 is 1.42 bits per heavy atom. The number of ether oxygens (including phenoxy) is 3. The summed E-state index contributed by atoms with van der Waals surface area (Å²) in [5.41, 5.74) is 3.10. The van der Waals surface area contributed by atoms with Crippen LogP contribution in [0.5, 0.6) is 5.75 Å². The van der Waals surface area contributed by atoms with Gasteiger partial charge in [-0.1, -0.05) is 54.6 Å². The molecule has 0 aromatic heterocycles. The van der Waals surface area contributed by atoms with Crippen LogP contribution in [0.4, 0.5) is 0 Å². The highest BCUT2D eigenvalue weighted by atomic mass is 16.6. The summed E-state index contributed by atoms with van der Waals surface area (Å²) in [7, 11) is 1.33. The van der Waals surface area contributed by atoms with E-state index in [-0.39, 0.29) is 6.61 Å². The SMILES string of the molecule is COC(=O)c1ccc(C=C(COc2ccc(-c3ccccc3)cc2)C(=O)OC(C)(C)C)cc1. The van der Waals surface area contributed by atoms with E-state index in [4.69, 9.17) is 14.2 Å². The summed E-state index contributed by atoms with van der Waals surface area (Å²) in [4.78, 5) is 24.5. The fourth-order valence-corrected chi connectivity index (χ4v) is 3.07. The van der Waals surface area contributed by atoms with E-state index >= 15 is 0 Å². The van der Waals surface area contributed by atoms with E-state index in [1.54, 1.807) is 30.3 Å². The molecule has 0 bridgehead atoms. The highest BCUT2D eigenvalue weighted by Crippen LogP contribution is 2.23. The third kappa shape index (κ3) is 7.07. The van der Waals surface area contributed by atoms with Gasteiger partial charge in [0.1, 0.15) is 18.0 Å². The number of hydrogen-bond donors (Lipinski definition) is 0. The molecule has 0 atom stereocenters. The molecule has 0 saturated carbocycles. The quantitative estimate of drug-likeness (QED) is 0.333. The topological polar surface area (TPSA) is 61.8 Å². The predicted molar refractivity (Wildman–Crippen MR) is 129 cm³/mol. The molecule has 33 heavy (non-hydrogen) atoms. The van der Waals surface area contributed by atoms with Crippen molar-refractivity contribution in [2.24, 2.45) is 0 Å². The highest BCUT2D eigenvalue weighted by molar-refractivity contribution is 5.94. The van der Waals surface area contributed by atoms with Gasteiger partial charge in [-0.15, -0.1) is 0 Å². The zero-order valence-corrected chi connectivity index (χ0v) is 19.3. The van der Waals surface area contributed by atoms with Crippen LogP contribution in [0.1, 0.15) is 36.7 Å².